The Balaban J connectivity index is 2.03. The minimum atomic E-state index is -0.0415. The molecule has 1 fully saturated rings. The summed E-state index contributed by atoms with van der Waals surface area (Å²) in [5, 5.41) is 0. The van der Waals surface area contributed by atoms with Gasteiger partial charge in [-0.25, -0.2) is 0 Å². The minimum absolute atomic E-state index is 0.0415. The van der Waals surface area contributed by atoms with E-state index in [1.165, 1.54) is 16.2 Å². The second kappa shape index (κ2) is 5.07. The van der Waals surface area contributed by atoms with E-state index in [1.807, 2.05) is 6.07 Å². The van der Waals surface area contributed by atoms with Crippen molar-refractivity contribution in [2.75, 3.05) is 6.61 Å². The molecule has 15 heavy (non-hydrogen) atoms. The predicted molar refractivity (Wildman–Crippen MR) is 60.8 cm³/mol. The zero-order chi connectivity index (χ0) is 10.7. The van der Waals surface area contributed by atoms with Gasteiger partial charge in [0, 0.05) is 0 Å². The first-order valence-electron chi connectivity index (χ1n) is 5.61. The Morgan fingerprint density at radius 2 is 2.27 bits per heavy atom. The summed E-state index contributed by atoms with van der Waals surface area (Å²) in [6.07, 6.45) is 3.33. The molecule has 1 aliphatic heterocycles. The van der Waals surface area contributed by atoms with Crippen LogP contribution >= 0.6 is 0 Å². The third kappa shape index (κ3) is 3.01. The molecule has 1 saturated heterocycles. The number of aryl methyl sites for hydroxylation is 1. The summed E-state index contributed by atoms with van der Waals surface area (Å²) >= 11 is 2.07. The van der Waals surface area contributed by atoms with Gasteiger partial charge in [0.05, 0.1) is 0 Å². The van der Waals surface area contributed by atoms with E-state index in [0.717, 1.165) is 25.2 Å². The van der Waals surface area contributed by atoms with Crippen LogP contribution in [0.5, 0.6) is 5.75 Å². The third-order valence-corrected chi connectivity index (χ3v) is 2.73. The first-order chi connectivity index (χ1) is 7.25. The van der Waals surface area contributed by atoms with E-state index >= 15 is 0 Å². The number of rotatable bonds is 2. The van der Waals surface area contributed by atoms with Crippen LogP contribution in [0, 0.1) is 6.92 Å². The van der Waals surface area contributed by atoms with Gasteiger partial charge >= 0.3 is 100 Å². The molecule has 1 aromatic carbocycles. The molecule has 1 heterocycles. The second-order valence-corrected chi connectivity index (χ2v) is 4.18. The van der Waals surface area contributed by atoms with Gasteiger partial charge in [-0.15, -0.1) is 0 Å². The Hall–Kier alpha value is -0.423. The van der Waals surface area contributed by atoms with Gasteiger partial charge in [-0.2, -0.15) is 0 Å². The molecule has 1 atom stereocenters. The quantitative estimate of drug-likeness (QED) is 0.673. The van der Waals surface area contributed by atoms with Crippen molar-refractivity contribution in [3.63, 3.8) is 0 Å². The maximum atomic E-state index is 5.82. The summed E-state index contributed by atoms with van der Waals surface area (Å²) in [4.78, 5) is 0. The van der Waals surface area contributed by atoms with Crippen molar-refractivity contribution >= 4 is 22.0 Å². The summed E-state index contributed by atoms with van der Waals surface area (Å²) in [5.41, 5.74) is 1.27. The second-order valence-electron chi connectivity index (χ2n) is 4.18. The van der Waals surface area contributed by atoms with E-state index in [2.05, 4.69) is 36.8 Å². The zero-order valence-corrected chi connectivity index (χ0v) is 9.45. The van der Waals surface area contributed by atoms with Crippen LogP contribution in [0.15, 0.2) is 18.2 Å². The van der Waals surface area contributed by atoms with Crippen molar-refractivity contribution in [1.82, 2.24) is 0 Å². The Bertz CT molecular complexity index is 332. The SMILES string of the molecule is [Li][c]1cc(C)ccc1OC1CCCCO1. The molecule has 0 spiro atoms. The average molecular weight is 198 g/mol. The molecule has 1 unspecified atom stereocenters. The standard InChI is InChI=1S/C12H15O2.Li/c1-10-5-7-11(8-6-10)14-12-4-2-3-9-13-12;/h5-7,12H,2-4,9H2,1H3;. The fourth-order valence-electron chi connectivity index (χ4n) is 1.88. The van der Waals surface area contributed by atoms with E-state index < -0.39 is 0 Å². The van der Waals surface area contributed by atoms with Crippen LogP contribution in [-0.2, 0) is 4.74 Å². The van der Waals surface area contributed by atoms with E-state index in [4.69, 9.17) is 9.47 Å². The molecular weight excluding hydrogens is 183 g/mol. The number of hydrogen-bond acceptors (Lipinski definition) is 2. The molecule has 0 bridgehead atoms. The fraction of sp³-hybridized carbons (Fsp3) is 0.500. The molecule has 1 aromatic rings. The van der Waals surface area contributed by atoms with Gasteiger partial charge in [-0.3, -0.25) is 0 Å². The predicted octanol–water partition coefficient (Wildman–Crippen LogP) is 1.69. The zero-order valence-electron chi connectivity index (χ0n) is 9.45. The van der Waals surface area contributed by atoms with Gasteiger partial charge in [0.1, 0.15) is 0 Å². The van der Waals surface area contributed by atoms with Crippen molar-refractivity contribution in [3.05, 3.63) is 23.8 Å². The maximum absolute atomic E-state index is 5.82. The molecule has 1 aliphatic rings. The molecule has 0 N–H and O–H groups in total. The van der Waals surface area contributed by atoms with E-state index in [0.29, 0.717) is 0 Å². The molecule has 3 heteroatoms. The Kier molecular flexibility index (Phi) is 3.74. The van der Waals surface area contributed by atoms with Gasteiger partial charge in [0.2, 0.25) is 0 Å². The van der Waals surface area contributed by atoms with Gasteiger partial charge < -0.3 is 0 Å². The molecule has 2 nitrogen and oxygen atoms in total. The van der Waals surface area contributed by atoms with Crippen molar-refractivity contribution in [2.45, 2.75) is 32.5 Å². The topological polar surface area (TPSA) is 18.5 Å². The molecule has 0 saturated carbocycles. The molecule has 76 valence electrons. The van der Waals surface area contributed by atoms with Crippen LogP contribution in [0.2, 0.25) is 0 Å². The number of benzene rings is 1. The van der Waals surface area contributed by atoms with Crippen molar-refractivity contribution in [2.24, 2.45) is 0 Å². The summed E-state index contributed by atoms with van der Waals surface area (Å²) in [5.74, 6) is 0.951. The van der Waals surface area contributed by atoms with Crippen LogP contribution in [0.4, 0.5) is 0 Å². The van der Waals surface area contributed by atoms with Crippen molar-refractivity contribution in [1.29, 1.82) is 0 Å². The molecule has 0 amide bonds. The normalized spacial score (nSPS) is 21.4. The molecule has 0 aromatic heterocycles. The van der Waals surface area contributed by atoms with E-state index in [1.54, 1.807) is 0 Å². The summed E-state index contributed by atoms with van der Waals surface area (Å²) in [6, 6.07) is 6.24. The summed E-state index contributed by atoms with van der Waals surface area (Å²) < 4.78 is 12.5. The number of hydrogen-bond donors (Lipinski definition) is 0. The molecule has 2 rings (SSSR count). The van der Waals surface area contributed by atoms with Gasteiger partial charge in [0.25, 0.3) is 0 Å². The molecular formula is C12H15LiO2. The monoisotopic (exact) mass is 198 g/mol. The van der Waals surface area contributed by atoms with Crippen LogP contribution in [0.3, 0.4) is 0 Å². The molecule has 0 radical (unpaired) electrons. The fourth-order valence-corrected chi connectivity index (χ4v) is 1.88. The number of ether oxygens (including phenoxy) is 2. The van der Waals surface area contributed by atoms with Crippen molar-refractivity contribution < 1.29 is 9.47 Å². The summed E-state index contributed by atoms with van der Waals surface area (Å²) in [7, 11) is 0. The van der Waals surface area contributed by atoms with Crippen molar-refractivity contribution in [3.8, 4) is 5.75 Å². The third-order valence-electron chi connectivity index (χ3n) is 2.73. The first-order valence-corrected chi connectivity index (χ1v) is 5.61. The Morgan fingerprint density at radius 1 is 1.40 bits per heavy atom. The Morgan fingerprint density at radius 3 is 2.93 bits per heavy atom. The van der Waals surface area contributed by atoms with E-state index in [9.17, 15) is 0 Å². The van der Waals surface area contributed by atoms with Crippen LogP contribution in [0.1, 0.15) is 24.8 Å². The van der Waals surface area contributed by atoms with Gasteiger partial charge in [0.15, 0.2) is 0 Å². The van der Waals surface area contributed by atoms with Gasteiger partial charge in [-0.05, 0) is 0 Å². The first kappa shape index (κ1) is 11.1. The average Bonchev–Trinajstić information content (AvgIpc) is 2.24. The van der Waals surface area contributed by atoms with Crippen LogP contribution in [-0.4, -0.2) is 30.6 Å². The van der Waals surface area contributed by atoms with Crippen LogP contribution < -0.4 is 8.97 Å². The van der Waals surface area contributed by atoms with E-state index in [-0.39, 0.29) is 6.29 Å². The Labute approximate surface area is 100 Å². The summed E-state index contributed by atoms with van der Waals surface area (Å²) in [6.45, 7) is 2.92. The van der Waals surface area contributed by atoms with Gasteiger partial charge in [-0.1, -0.05) is 0 Å². The van der Waals surface area contributed by atoms with Crippen LogP contribution in [0.25, 0.3) is 0 Å². The molecule has 0 aliphatic carbocycles.